The molecule has 0 aliphatic heterocycles. The number of benzene rings is 1. The number of Topliss-reactive ketones (excluding diaryl/α,β-unsaturated/α-hetero) is 1. The summed E-state index contributed by atoms with van der Waals surface area (Å²) >= 11 is 0. The average molecular weight is 656 g/mol. The van der Waals surface area contributed by atoms with E-state index in [0.29, 0.717) is 24.8 Å². The number of carbonyl (C=O) groups excluding carboxylic acids is 5. The summed E-state index contributed by atoms with van der Waals surface area (Å²) in [5, 5.41) is 45.1. The van der Waals surface area contributed by atoms with Gasteiger partial charge in [0.05, 0.1) is 19.6 Å². The highest BCUT2D eigenvalue weighted by Crippen LogP contribution is 2.67. The molecule has 3 fully saturated rings. The maximum absolute atomic E-state index is 13.5. The summed E-state index contributed by atoms with van der Waals surface area (Å²) in [5.41, 5.74) is -1.47. The van der Waals surface area contributed by atoms with Crippen LogP contribution in [0.5, 0.6) is 11.5 Å². The zero-order valence-electron chi connectivity index (χ0n) is 27.1. The molecule has 8 atom stereocenters. The van der Waals surface area contributed by atoms with Gasteiger partial charge in [-0.15, -0.1) is 0 Å². The first kappa shape index (κ1) is 34.6. The van der Waals surface area contributed by atoms with E-state index in [1.807, 2.05) is 6.92 Å². The van der Waals surface area contributed by atoms with Crippen LogP contribution in [0, 0.1) is 28.6 Å². The number of esters is 2. The van der Waals surface area contributed by atoms with Gasteiger partial charge in [0.15, 0.2) is 23.9 Å². The molecule has 1 amide bonds. The molecule has 0 aromatic heterocycles. The largest absolute Gasteiger partial charge is 0.504 e. The van der Waals surface area contributed by atoms with Crippen molar-refractivity contribution in [2.45, 2.75) is 95.8 Å². The maximum atomic E-state index is 13.5. The lowest BCUT2D eigenvalue weighted by molar-refractivity contribution is -0.184. The number of aliphatic hydroxyl groups excluding tert-OH is 1. The number of ether oxygens (including phenoxy) is 2. The molecule has 12 heteroatoms. The molecule has 0 bridgehead atoms. The van der Waals surface area contributed by atoms with Crippen LogP contribution in [0.15, 0.2) is 29.8 Å². The molecular weight excluding hydrogens is 610 g/mol. The first-order valence-electron chi connectivity index (χ1n) is 16.3. The number of allylic oxidation sites excluding steroid dienone is 1. The number of carbonyl (C=O) groups is 5. The SMILES string of the molecule is COC(=O)[C@H](Cc1ccc(O)c(O)c1)NC(=O)CCC(=O)OCC(=O)[C@@]1(O)CC[C@H]2[C@H]3CCC4=CC(=O)CC[C@]4(C)[C@H]3[C@@H](O)C[C@]21C. The molecule has 5 rings (SSSR count). The van der Waals surface area contributed by atoms with Crippen LogP contribution in [-0.2, 0) is 39.9 Å². The van der Waals surface area contributed by atoms with Crippen LogP contribution in [0.1, 0.15) is 77.2 Å². The molecule has 4 aliphatic carbocycles. The fourth-order valence-electron chi connectivity index (χ4n) is 9.24. The standard InChI is InChI=1S/C35H45NO11/c1-33-12-10-21(37)16-20(33)5-6-22-23-11-13-35(45,34(23,2)17-27(40)31(22)33)28(41)18-47-30(43)9-8-29(42)36-24(32(44)46-3)14-19-4-7-25(38)26(39)15-19/h4,7,15-16,22-24,27,31,38-40,45H,5-6,8-14,17-18H2,1-3H3,(H,36,42)/t22-,23+,24+,27+,31-,33+,34-,35+/m1/s1. The predicted molar refractivity (Wildman–Crippen MR) is 166 cm³/mol. The normalized spacial score (nSPS) is 33.4. The van der Waals surface area contributed by atoms with E-state index in [1.165, 1.54) is 18.2 Å². The third kappa shape index (κ3) is 6.29. The molecule has 1 aromatic rings. The lowest BCUT2D eigenvalue weighted by Gasteiger charge is -2.60. The van der Waals surface area contributed by atoms with Crippen LogP contribution < -0.4 is 5.32 Å². The summed E-state index contributed by atoms with van der Waals surface area (Å²) in [6, 6.07) is 2.85. The van der Waals surface area contributed by atoms with Crippen molar-refractivity contribution in [1.29, 1.82) is 0 Å². The lowest BCUT2D eigenvalue weighted by atomic mass is 9.45. The summed E-state index contributed by atoms with van der Waals surface area (Å²) in [6.45, 7) is 3.31. The predicted octanol–water partition coefficient (Wildman–Crippen LogP) is 2.42. The topological polar surface area (TPSA) is 197 Å². The second-order valence-corrected chi connectivity index (χ2v) is 14.2. The summed E-state index contributed by atoms with van der Waals surface area (Å²) in [5.74, 6) is -3.47. The molecule has 4 aliphatic rings. The van der Waals surface area contributed by atoms with Crippen molar-refractivity contribution in [2.24, 2.45) is 28.6 Å². The third-order valence-electron chi connectivity index (χ3n) is 11.7. The van der Waals surface area contributed by atoms with Gasteiger partial charge in [-0.1, -0.05) is 25.5 Å². The van der Waals surface area contributed by atoms with E-state index in [9.17, 15) is 44.4 Å². The zero-order valence-corrected chi connectivity index (χ0v) is 27.1. The Morgan fingerprint density at radius 1 is 1.04 bits per heavy atom. The minimum Gasteiger partial charge on any atom is -0.504 e. The van der Waals surface area contributed by atoms with Crippen molar-refractivity contribution < 1.29 is 53.9 Å². The first-order valence-corrected chi connectivity index (χ1v) is 16.3. The minimum atomic E-state index is -1.79. The number of rotatable bonds is 10. The van der Waals surface area contributed by atoms with E-state index in [-0.39, 0.29) is 72.6 Å². The van der Waals surface area contributed by atoms with E-state index < -0.39 is 53.4 Å². The Bertz CT molecular complexity index is 1490. The Kier molecular flexibility index (Phi) is 9.58. The van der Waals surface area contributed by atoms with Crippen molar-refractivity contribution in [2.75, 3.05) is 13.7 Å². The van der Waals surface area contributed by atoms with Gasteiger partial charge in [-0.05, 0) is 85.5 Å². The Morgan fingerprint density at radius 2 is 1.79 bits per heavy atom. The van der Waals surface area contributed by atoms with E-state index in [0.717, 1.165) is 25.5 Å². The summed E-state index contributed by atoms with van der Waals surface area (Å²) in [4.78, 5) is 63.1. The van der Waals surface area contributed by atoms with Gasteiger partial charge in [0.2, 0.25) is 11.7 Å². The van der Waals surface area contributed by atoms with E-state index in [2.05, 4.69) is 12.2 Å². The van der Waals surface area contributed by atoms with Crippen LogP contribution in [-0.4, -0.2) is 81.3 Å². The number of fused-ring (bicyclic) bond motifs is 5. The van der Waals surface area contributed by atoms with E-state index >= 15 is 0 Å². The molecule has 256 valence electrons. The highest BCUT2D eigenvalue weighted by atomic mass is 16.5. The summed E-state index contributed by atoms with van der Waals surface area (Å²) < 4.78 is 9.96. The molecule has 12 nitrogen and oxygen atoms in total. The Labute approximate surface area is 273 Å². The number of nitrogens with one attached hydrogen (secondary N) is 1. The highest BCUT2D eigenvalue weighted by molar-refractivity contribution is 5.92. The molecule has 1 aromatic carbocycles. The van der Waals surface area contributed by atoms with Crippen molar-refractivity contribution in [3.8, 4) is 11.5 Å². The van der Waals surface area contributed by atoms with Crippen LogP contribution >= 0.6 is 0 Å². The third-order valence-corrected chi connectivity index (χ3v) is 11.7. The number of hydrogen-bond donors (Lipinski definition) is 5. The lowest BCUT2D eigenvalue weighted by Crippen LogP contribution is -2.62. The zero-order chi connectivity index (χ0) is 34.3. The monoisotopic (exact) mass is 655 g/mol. The van der Waals surface area contributed by atoms with E-state index in [4.69, 9.17) is 9.47 Å². The van der Waals surface area contributed by atoms with Gasteiger partial charge in [0, 0.05) is 24.7 Å². The van der Waals surface area contributed by atoms with Gasteiger partial charge in [-0.3, -0.25) is 19.2 Å². The molecule has 0 unspecified atom stereocenters. The molecule has 0 heterocycles. The maximum Gasteiger partial charge on any atom is 0.328 e. The van der Waals surface area contributed by atoms with Crippen LogP contribution in [0.25, 0.3) is 0 Å². The number of amides is 1. The molecule has 47 heavy (non-hydrogen) atoms. The van der Waals surface area contributed by atoms with E-state index in [1.54, 1.807) is 6.08 Å². The Morgan fingerprint density at radius 3 is 2.49 bits per heavy atom. The van der Waals surface area contributed by atoms with Crippen LogP contribution in [0.2, 0.25) is 0 Å². The average Bonchev–Trinajstić information content (AvgIpc) is 3.30. The summed E-state index contributed by atoms with van der Waals surface area (Å²) in [6.07, 6.45) is 3.87. The smallest absolute Gasteiger partial charge is 0.328 e. The number of phenolic OH excluding ortho intramolecular Hbond substituents is 2. The van der Waals surface area contributed by atoms with Gasteiger partial charge >= 0.3 is 11.9 Å². The van der Waals surface area contributed by atoms with Crippen molar-refractivity contribution in [3.63, 3.8) is 0 Å². The second kappa shape index (κ2) is 13.0. The Balaban J connectivity index is 1.16. The number of aromatic hydroxyl groups is 2. The van der Waals surface area contributed by atoms with Crippen LogP contribution in [0.4, 0.5) is 0 Å². The minimum absolute atomic E-state index is 0.0199. The van der Waals surface area contributed by atoms with Gasteiger partial charge in [-0.2, -0.15) is 0 Å². The fraction of sp³-hybridized carbons (Fsp3) is 0.629. The van der Waals surface area contributed by atoms with Crippen molar-refractivity contribution in [3.05, 3.63) is 35.4 Å². The van der Waals surface area contributed by atoms with Gasteiger partial charge in [0.25, 0.3) is 0 Å². The van der Waals surface area contributed by atoms with Crippen LogP contribution in [0.3, 0.4) is 0 Å². The molecule has 3 saturated carbocycles. The first-order chi connectivity index (χ1) is 22.1. The highest BCUT2D eigenvalue weighted by Gasteiger charge is 2.68. The van der Waals surface area contributed by atoms with Gasteiger partial charge in [-0.25, -0.2) is 4.79 Å². The van der Waals surface area contributed by atoms with Gasteiger partial charge in [0.1, 0.15) is 11.6 Å². The number of phenols is 2. The fourth-order valence-corrected chi connectivity index (χ4v) is 9.24. The van der Waals surface area contributed by atoms with Gasteiger partial charge < -0.3 is 35.2 Å². The number of methoxy groups -OCH3 is 1. The Hall–Kier alpha value is -3.77. The quantitative estimate of drug-likeness (QED) is 0.183. The second-order valence-electron chi connectivity index (χ2n) is 14.2. The molecule has 0 spiro atoms. The molecule has 5 N–H and O–H groups in total. The summed E-state index contributed by atoms with van der Waals surface area (Å²) in [7, 11) is 1.15. The number of aliphatic hydroxyl groups is 2. The molecule has 0 radical (unpaired) electrons. The van der Waals surface area contributed by atoms with Crippen molar-refractivity contribution in [1.82, 2.24) is 5.32 Å². The molecule has 0 saturated heterocycles. The number of ketones is 2. The molecular formula is C35H45NO11. The van der Waals surface area contributed by atoms with Crippen molar-refractivity contribution >= 4 is 29.4 Å². The number of hydrogen-bond acceptors (Lipinski definition) is 11.